The molecule has 5 heteroatoms. The van der Waals surface area contributed by atoms with Crippen molar-refractivity contribution in [2.45, 2.75) is 22.6 Å². The second kappa shape index (κ2) is 10.3. The Morgan fingerprint density at radius 1 is 0.853 bits per heavy atom. The molecule has 0 saturated heterocycles. The molecule has 0 bridgehead atoms. The lowest BCUT2D eigenvalue weighted by atomic mass is 9.97. The van der Waals surface area contributed by atoms with Gasteiger partial charge in [0, 0.05) is 27.3 Å². The van der Waals surface area contributed by atoms with Crippen molar-refractivity contribution in [3.63, 3.8) is 0 Å². The van der Waals surface area contributed by atoms with Gasteiger partial charge in [-0.3, -0.25) is 0 Å². The Morgan fingerprint density at radius 3 is 2.29 bits per heavy atom. The van der Waals surface area contributed by atoms with Crippen molar-refractivity contribution in [3.05, 3.63) is 102 Å². The Bertz CT molecular complexity index is 1140. The van der Waals surface area contributed by atoms with E-state index in [4.69, 9.17) is 9.84 Å². The molecule has 5 rings (SSSR count). The molecule has 0 saturated carbocycles. The van der Waals surface area contributed by atoms with Crippen LogP contribution < -0.4 is 0 Å². The Morgan fingerprint density at radius 2 is 1.53 bits per heavy atom. The molecule has 1 atom stereocenters. The van der Waals surface area contributed by atoms with E-state index in [1.54, 1.807) is 0 Å². The predicted octanol–water partition coefficient (Wildman–Crippen LogP) is 5.90. The molecule has 2 heterocycles. The van der Waals surface area contributed by atoms with Gasteiger partial charge in [0.15, 0.2) is 0 Å². The predicted molar refractivity (Wildman–Crippen MR) is 141 cm³/mol. The number of hydrogen-bond donors (Lipinski definition) is 0. The van der Waals surface area contributed by atoms with Gasteiger partial charge in [0.1, 0.15) is 18.5 Å². The first-order chi connectivity index (χ1) is 16.6. The Hall–Kier alpha value is -2.70. The van der Waals surface area contributed by atoms with Crippen molar-refractivity contribution in [1.82, 2.24) is 4.90 Å². The lowest BCUT2D eigenvalue weighted by Crippen LogP contribution is -2.40. The largest absolute Gasteiger partial charge is 0.329 e. The van der Waals surface area contributed by atoms with Crippen LogP contribution >= 0.6 is 11.8 Å². The molecule has 0 fully saturated rings. The van der Waals surface area contributed by atoms with Gasteiger partial charge >= 0.3 is 0 Å². The second-order valence-corrected chi connectivity index (χ2v) is 10.3. The topological polar surface area (TPSA) is 24.8 Å². The molecule has 0 amide bonds. The summed E-state index contributed by atoms with van der Waals surface area (Å²) < 4.78 is 6.73. The summed E-state index contributed by atoms with van der Waals surface area (Å²) in [6.45, 7) is 3.17. The van der Waals surface area contributed by atoms with Gasteiger partial charge in [-0.1, -0.05) is 83.6 Å². The highest BCUT2D eigenvalue weighted by molar-refractivity contribution is 7.99. The zero-order chi connectivity index (χ0) is 23.4. The van der Waals surface area contributed by atoms with Crippen LogP contribution in [0.5, 0.6) is 0 Å². The second-order valence-electron chi connectivity index (χ2n) is 9.23. The first kappa shape index (κ1) is 23.1. The summed E-state index contributed by atoms with van der Waals surface area (Å²) in [5.41, 5.74) is 6.10. The fourth-order valence-electron chi connectivity index (χ4n) is 4.55. The van der Waals surface area contributed by atoms with Crippen LogP contribution in [0.25, 0.3) is 5.57 Å². The lowest BCUT2D eigenvalue weighted by Gasteiger charge is -2.26. The van der Waals surface area contributed by atoms with Crippen molar-refractivity contribution >= 4 is 23.0 Å². The Balaban J connectivity index is 1.51. The molecule has 0 aromatic heterocycles. The van der Waals surface area contributed by atoms with E-state index in [-0.39, 0.29) is 0 Å². The standard InChI is InChI=1S/C29H32N3OS/c1-31(2)18-10-20-33-22-32(19-17-23-11-4-3-5-12-23)21-26-24-13-6-8-15-27(24)34-28-16-9-7-14-25(28)29(26)30-32/h3-9,11-16,21H,10,17-20,22H2,1-2H3/q+1. The minimum atomic E-state index is 0.467. The van der Waals surface area contributed by atoms with E-state index >= 15 is 0 Å². The summed E-state index contributed by atoms with van der Waals surface area (Å²) in [6.07, 6.45) is 4.30. The van der Waals surface area contributed by atoms with Gasteiger partial charge in [0.25, 0.3) is 0 Å². The zero-order valence-electron chi connectivity index (χ0n) is 20.0. The monoisotopic (exact) mass is 470 g/mol. The van der Waals surface area contributed by atoms with Crippen LogP contribution in [0.4, 0.5) is 0 Å². The first-order valence-corrected chi connectivity index (χ1v) is 12.8. The molecule has 1 unspecified atom stereocenters. The lowest BCUT2D eigenvalue weighted by molar-refractivity contribution is -0.903. The number of quaternary nitrogens is 1. The molecule has 4 nitrogen and oxygen atoms in total. The molecule has 3 aromatic rings. The third kappa shape index (κ3) is 5.03. The van der Waals surface area contributed by atoms with Gasteiger partial charge in [-0.05, 0) is 44.8 Å². The van der Waals surface area contributed by atoms with E-state index in [2.05, 4.69) is 104 Å². The molecule has 0 spiro atoms. The molecular formula is C29H32N3OS+. The molecule has 3 aromatic carbocycles. The van der Waals surface area contributed by atoms with E-state index in [1.807, 2.05) is 11.8 Å². The molecule has 2 aliphatic heterocycles. The summed E-state index contributed by atoms with van der Waals surface area (Å²) in [7, 11) is 4.21. The quantitative estimate of drug-likeness (QED) is 0.288. The van der Waals surface area contributed by atoms with Crippen LogP contribution in [0.3, 0.4) is 0 Å². The highest BCUT2D eigenvalue weighted by Crippen LogP contribution is 2.44. The van der Waals surface area contributed by atoms with Gasteiger partial charge in [0.05, 0.1) is 12.2 Å². The molecule has 0 N–H and O–H groups in total. The third-order valence-electron chi connectivity index (χ3n) is 6.30. The number of benzene rings is 3. The number of nitrogens with zero attached hydrogens (tertiary/aromatic N) is 3. The normalized spacial score (nSPS) is 18.6. The van der Waals surface area contributed by atoms with Gasteiger partial charge in [0.2, 0.25) is 6.73 Å². The van der Waals surface area contributed by atoms with E-state index < -0.39 is 0 Å². The van der Waals surface area contributed by atoms with Gasteiger partial charge < -0.3 is 9.64 Å². The minimum Gasteiger partial charge on any atom is -0.329 e. The molecular weight excluding hydrogens is 438 g/mol. The maximum Gasteiger partial charge on any atom is 0.211 e. The highest BCUT2D eigenvalue weighted by atomic mass is 32.2. The van der Waals surface area contributed by atoms with E-state index in [9.17, 15) is 0 Å². The van der Waals surface area contributed by atoms with Crippen LogP contribution in [0.15, 0.2) is 100.0 Å². The van der Waals surface area contributed by atoms with E-state index in [0.717, 1.165) is 38.2 Å². The number of fused-ring (bicyclic) bond motifs is 5. The Labute approximate surface area is 207 Å². The van der Waals surface area contributed by atoms with Crippen molar-refractivity contribution in [1.29, 1.82) is 0 Å². The number of hydrogen-bond acceptors (Lipinski definition) is 4. The highest BCUT2D eigenvalue weighted by Gasteiger charge is 2.39. The SMILES string of the molecule is CN(C)CCCOC[N+]1(CCc2ccccc2)C=C2C(=N1)c1ccccc1Sc1ccccc12. The van der Waals surface area contributed by atoms with E-state index in [0.29, 0.717) is 11.3 Å². The van der Waals surface area contributed by atoms with Crippen LogP contribution in [-0.4, -0.2) is 55.7 Å². The number of rotatable bonds is 9. The van der Waals surface area contributed by atoms with Crippen molar-refractivity contribution in [2.24, 2.45) is 5.10 Å². The van der Waals surface area contributed by atoms with Crippen LogP contribution in [0.2, 0.25) is 0 Å². The summed E-state index contributed by atoms with van der Waals surface area (Å²) in [6, 6.07) is 28.0. The van der Waals surface area contributed by atoms with Gasteiger partial charge in [-0.25, -0.2) is 0 Å². The molecule has 2 aliphatic rings. The fraction of sp³-hybridized carbons (Fsp3) is 0.276. The van der Waals surface area contributed by atoms with Crippen molar-refractivity contribution < 1.29 is 9.33 Å². The third-order valence-corrected chi connectivity index (χ3v) is 7.45. The summed E-state index contributed by atoms with van der Waals surface area (Å²) in [4.78, 5) is 4.73. The molecule has 174 valence electrons. The summed E-state index contributed by atoms with van der Waals surface area (Å²) in [5.74, 6) is 0. The van der Waals surface area contributed by atoms with Crippen molar-refractivity contribution in [2.75, 3.05) is 40.5 Å². The number of ether oxygens (including phenoxy) is 1. The van der Waals surface area contributed by atoms with Gasteiger partial charge in [-0.15, -0.1) is 4.59 Å². The average Bonchev–Trinajstić information content (AvgIpc) is 3.18. The summed E-state index contributed by atoms with van der Waals surface area (Å²) >= 11 is 1.83. The average molecular weight is 471 g/mol. The first-order valence-electron chi connectivity index (χ1n) is 12.0. The van der Waals surface area contributed by atoms with Crippen molar-refractivity contribution in [3.8, 4) is 0 Å². The van der Waals surface area contributed by atoms with Gasteiger partial charge in [-0.2, -0.15) is 0 Å². The van der Waals surface area contributed by atoms with Crippen LogP contribution in [0, 0.1) is 0 Å². The van der Waals surface area contributed by atoms with Crippen LogP contribution in [-0.2, 0) is 11.2 Å². The molecule has 34 heavy (non-hydrogen) atoms. The molecule has 0 radical (unpaired) electrons. The maximum absolute atomic E-state index is 6.26. The van der Waals surface area contributed by atoms with E-state index in [1.165, 1.54) is 32.1 Å². The number of allylic oxidation sites excluding steroid dienone is 1. The smallest absolute Gasteiger partial charge is 0.211 e. The fourth-order valence-corrected chi connectivity index (χ4v) is 5.64. The summed E-state index contributed by atoms with van der Waals surface area (Å²) in [5, 5.41) is 5.40. The zero-order valence-corrected chi connectivity index (χ0v) is 20.8. The minimum absolute atomic E-state index is 0.467. The maximum atomic E-state index is 6.26. The Kier molecular flexibility index (Phi) is 6.97. The molecule has 0 aliphatic carbocycles. The van der Waals surface area contributed by atoms with Crippen LogP contribution in [0.1, 0.15) is 23.1 Å².